The first kappa shape index (κ1) is 20.7. The molecular formula is C20H26N2O4S2. The quantitative estimate of drug-likeness (QED) is 0.739. The van der Waals surface area contributed by atoms with E-state index >= 15 is 0 Å². The van der Waals surface area contributed by atoms with E-state index in [-0.39, 0.29) is 22.7 Å². The maximum absolute atomic E-state index is 13.3. The maximum atomic E-state index is 13.3. The first-order valence-electron chi connectivity index (χ1n) is 9.42. The van der Waals surface area contributed by atoms with Crippen LogP contribution in [0.15, 0.2) is 46.0 Å². The van der Waals surface area contributed by atoms with Gasteiger partial charge in [-0.05, 0) is 42.3 Å². The van der Waals surface area contributed by atoms with Crippen LogP contribution in [0.25, 0.3) is 0 Å². The summed E-state index contributed by atoms with van der Waals surface area (Å²) in [6.45, 7) is 1.84. The molecule has 1 amide bonds. The van der Waals surface area contributed by atoms with E-state index in [2.05, 4.69) is 12.2 Å². The minimum Gasteiger partial charge on any atom is -0.495 e. The summed E-state index contributed by atoms with van der Waals surface area (Å²) in [6, 6.07) is 10.2. The van der Waals surface area contributed by atoms with Gasteiger partial charge in [-0.1, -0.05) is 38.0 Å². The third-order valence-electron chi connectivity index (χ3n) is 5.14. The summed E-state index contributed by atoms with van der Waals surface area (Å²) in [6.07, 6.45) is 4.26. The number of carbonyl (C=O) groups is 1. The predicted octanol–water partition coefficient (Wildman–Crippen LogP) is 3.65. The zero-order chi connectivity index (χ0) is 20.1. The number of nitrogens with zero attached hydrogens (tertiary/aromatic N) is 1. The van der Waals surface area contributed by atoms with Gasteiger partial charge in [0.15, 0.2) is 0 Å². The Labute approximate surface area is 170 Å². The summed E-state index contributed by atoms with van der Waals surface area (Å²) in [7, 11) is -2.40. The number of ether oxygens (including phenoxy) is 1. The number of rotatable bonds is 7. The molecule has 2 atom stereocenters. The van der Waals surface area contributed by atoms with Crippen LogP contribution in [0, 0.1) is 5.92 Å². The fraction of sp³-hybridized carbons (Fsp3) is 0.450. The largest absolute Gasteiger partial charge is 0.495 e. The molecule has 3 rings (SSSR count). The topological polar surface area (TPSA) is 75.7 Å². The number of para-hydroxylation sites is 2. The van der Waals surface area contributed by atoms with Gasteiger partial charge in [-0.25, -0.2) is 8.42 Å². The van der Waals surface area contributed by atoms with Crippen LogP contribution in [0.2, 0.25) is 0 Å². The third kappa shape index (κ3) is 4.50. The molecule has 152 valence electrons. The van der Waals surface area contributed by atoms with Crippen molar-refractivity contribution in [2.24, 2.45) is 5.92 Å². The minimum absolute atomic E-state index is 0.0882. The third-order valence-corrected chi connectivity index (χ3v) is 8.27. The molecule has 2 aromatic rings. The van der Waals surface area contributed by atoms with Gasteiger partial charge in [0, 0.05) is 6.04 Å². The number of hydrogen-bond donors (Lipinski definition) is 1. The number of thiophene rings is 1. The zero-order valence-electron chi connectivity index (χ0n) is 16.1. The number of methoxy groups -OCH3 is 1. The van der Waals surface area contributed by atoms with E-state index in [9.17, 15) is 13.2 Å². The highest BCUT2D eigenvalue weighted by Crippen LogP contribution is 2.33. The van der Waals surface area contributed by atoms with Gasteiger partial charge in [-0.3, -0.25) is 9.10 Å². The smallest absolute Gasteiger partial charge is 0.274 e. The van der Waals surface area contributed by atoms with Crippen molar-refractivity contribution >= 4 is 33.0 Å². The average molecular weight is 423 g/mol. The molecule has 0 radical (unpaired) electrons. The van der Waals surface area contributed by atoms with Crippen LogP contribution in [-0.4, -0.2) is 34.0 Å². The molecule has 1 aliphatic carbocycles. The van der Waals surface area contributed by atoms with Crippen LogP contribution >= 0.6 is 11.3 Å². The van der Waals surface area contributed by atoms with E-state index in [4.69, 9.17) is 4.74 Å². The number of amides is 1. The summed E-state index contributed by atoms with van der Waals surface area (Å²) in [5.74, 6) is 0.498. The van der Waals surface area contributed by atoms with Crippen molar-refractivity contribution in [1.29, 1.82) is 0 Å². The zero-order valence-corrected chi connectivity index (χ0v) is 17.8. The summed E-state index contributed by atoms with van der Waals surface area (Å²) < 4.78 is 33.2. The molecule has 1 aliphatic rings. The Morgan fingerprint density at radius 1 is 1.21 bits per heavy atom. The number of benzene rings is 1. The van der Waals surface area contributed by atoms with Crippen molar-refractivity contribution in [2.75, 3.05) is 18.0 Å². The Bertz CT molecular complexity index is 897. The van der Waals surface area contributed by atoms with Gasteiger partial charge in [0.1, 0.15) is 16.5 Å². The van der Waals surface area contributed by atoms with E-state index < -0.39 is 10.0 Å². The van der Waals surface area contributed by atoms with E-state index in [1.807, 2.05) is 0 Å². The number of carbonyl (C=O) groups excluding carboxylic acids is 1. The van der Waals surface area contributed by atoms with Gasteiger partial charge in [0.2, 0.25) is 5.91 Å². The lowest BCUT2D eigenvalue weighted by atomic mass is 9.86. The standard InChI is InChI=1S/C20H26N2O4S2/c1-15-8-3-4-9-16(15)21-19(23)14-22(17-10-5-6-11-18(17)26-2)28(24,25)20-12-7-13-27-20/h5-7,10-13,15-16H,3-4,8-9,14H2,1-2H3,(H,21,23)/t15-,16+/m1/s1. The molecule has 8 heteroatoms. The Morgan fingerprint density at radius 3 is 2.64 bits per heavy atom. The van der Waals surface area contributed by atoms with Crippen LogP contribution in [0.3, 0.4) is 0 Å². The molecule has 1 fully saturated rings. The molecule has 6 nitrogen and oxygen atoms in total. The average Bonchev–Trinajstić information content (AvgIpc) is 3.23. The van der Waals surface area contributed by atoms with Crippen LogP contribution in [0.4, 0.5) is 5.69 Å². The van der Waals surface area contributed by atoms with Gasteiger partial charge in [0.25, 0.3) is 10.0 Å². The second-order valence-corrected chi connectivity index (χ2v) is 10.1. The van der Waals surface area contributed by atoms with Crippen LogP contribution < -0.4 is 14.4 Å². The van der Waals surface area contributed by atoms with Gasteiger partial charge in [-0.15, -0.1) is 11.3 Å². The number of anilines is 1. The summed E-state index contributed by atoms with van der Waals surface area (Å²) in [5.41, 5.74) is 0.352. The first-order chi connectivity index (χ1) is 13.4. The van der Waals surface area contributed by atoms with Crippen LogP contribution in [0.1, 0.15) is 32.6 Å². The lowest BCUT2D eigenvalue weighted by Crippen LogP contribution is -2.47. The molecule has 1 heterocycles. The van der Waals surface area contributed by atoms with Gasteiger partial charge < -0.3 is 10.1 Å². The van der Waals surface area contributed by atoms with Crippen molar-refractivity contribution in [3.63, 3.8) is 0 Å². The first-order valence-corrected chi connectivity index (χ1v) is 11.7. The molecule has 0 bridgehead atoms. The highest BCUT2D eigenvalue weighted by atomic mass is 32.2. The molecule has 1 saturated carbocycles. The number of hydrogen-bond acceptors (Lipinski definition) is 5. The predicted molar refractivity (Wildman–Crippen MR) is 111 cm³/mol. The molecule has 1 N–H and O–H groups in total. The van der Waals surface area contributed by atoms with Crippen molar-refractivity contribution in [3.05, 3.63) is 41.8 Å². The SMILES string of the molecule is COc1ccccc1N(CC(=O)N[C@H]1CCCC[C@H]1C)S(=O)(=O)c1cccs1. The molecule has 1 aromatic heterocycles. The highest BCUT2D eigenvalue weighted by Gasteiger charge is 2.31. The maximum Gasteiger partial charge on any atom is 0.274 e. The lowest BCUT2D eigenvalue weighted by Gasteiger charge is -2.31. The molecule has 0 spiro atoms. The van der Waals surface area contributed by atoms with E-state index in [0.717, 1.165) is 34.9 Å². The number of nitrogens with one attached hydrogen (secondary N) is 1. The summed E-state index contributed by atoms with van der Waals surface area (Å²) >= 11 is 1.13. The second-order valence-electron chi connectivity index (χ2n) is 7.05. The Balaban J connectivity index is 1.89. The monoisotopic (exact) mass is 422 g/mol. The van der Waals surface area contributed by atoms with E-state index in [0.29, 0.717) is 17.4 Å². The highest BCUT2D eigenvalue weighted by molar-refractivity contribution is 7.94. The van der Waals surface area contributed by atoms with E-state index in [1.165, 1.54) is 13.5 Å². The van der Waals surface area contributed by atoms with Crippen molar-refractivity contribution in [1.82, 2.24) is 5.32 Å². The Morgan fingerprint density at radius 2 is 1.96 bits per heavy atom. The Kier molecular flexibility index (Phi) is 6.61. The molecule has 0 saturated heterocycles. The molecule has 0 unspecified atom stereocenters. The fourth-order valence-electron chi connectivity index (χ4n) is 3.57. The molecule has 1 aromatic carbocycles. The van der Waals surface area contributed by atoms with Crippen LogP contribution in [-0.2, 0) is 14.8 Å². The summed E-state index contributed by atoms with van der Waals surface area (Å²) in [4.78, 5) is 12.8. The number of sulfonamides is 1. The van der Waals surface area contributed by atoms with Crippen molar-refractivity contribution in [3.8, 4) is 5.75 Å². The van der Waals surface area contributed by atoms with E-state index in [1.54, 1.807) is 41.8 Å². The molecule has 28 heavy (non-hydrogen) atoms. The van der Waals surface area contributed by atoms with Gasteiger partial charge in [-0.2, -0.15) is 0 Å². The van der Waals surface area contributed by atoms with Crippen molar-refractivity contribution < 1.29 is 17.9 Å². The minimum atomic E-state index is -3.88. The normalized spacial score (nSPS) is 19.8. The van der Waals surface area contributed by atoms with Gasteiger partial charge in [0.05, 0.1) is 12.8 Å². The molecular weight excluding hydrogens is 396 g/mol. The van der Waals surface area contributed by atoms with Crippen LogP contribution in [0.5, 0.6) is 5.75 Å². The van der Waals surface area contributed by atoms with Crippen molar-refractivity contribution in [2.45, 2.75) is 42.9 Å². The fourth-order valence-corrected chi connectivity index (χ4v) is 6.10. The second kappa shape index (κ2) is 8.96. The lowest BCUT2D eigenvalue weighted by molar-refractivity contribution is -0.120. The van der Waals surface area contributed by atoms with Gasteiger partial charge >= 0.3 is 0 Å². The molecule has 0 aliphatic heterocycles. The Hall–Kier alpha value is -2.06. The summed E-state index contributed by atoms with van der Waals surface area (Å²) in [5, 5.41) is 4.75.